The second-order valence-electron chi connectivity index (χ2n) is 2.81. The molecule has 1 rings (SSSR count). The van der Waals surface area contributed by atoms with E-state index in [1.54, 1.807) is 13.0 Å². The summed E-state index contributed by atoms with van der Waals surface area (Å²) < 4.78 is 9.87. The molecule has 0 aliphatic heterocycles. The molecule has 4 heteroatoms. The van der Waals surface area contributed by atoms with Crippen LogP contribution in [0.4, 0.5) is 0 Å². The van der Waals surface area contributed by atoms with E-state index in [0.717, 1.165) is 0 Å². The van der Waals surface area contributed by atoms with Crippen LogP contribution in [0.2, 0.25) is 0 Å². The van der Waals surface area contributed by atoms with Gasteiger partial charge < -0.3 is 14.0 Å². The fourth-order valence-electron chi connectivity index (χ4n) is 1.15. The molecule has 74 valence electrons. The molecule has 0 atom stereocenters. The predicted octanol–water partition coefficient (Wildman–Crippen LogP) is 1.84. The summed E-state index contributed by atoms with van der Waals surface area (Å²) in [6.07, 6.45) is 0.529. The van der Waals surface area contributed by atoms with Crippen LogP contribution >= 0.6 is 0 Å². The highest BCUT2D eigenvalue weighted by molar-refractivity contribution is 5.90. The molecule has 0 fully saturated rings. The lowest BCUT2D eigenvalue weighted by Gasteiger charge is -1.93. The highest BCUT2D eigenvalue weighted by atomic mass is 16.5. The Bertz CT molecular complexity index is 373. The van der Waals surface area contributed by atoms with Crippen LogP contribution in [0.15, 0.2) is 10.5 Å². The van der Waals surface area contributed by atoms with Gasteiger partial charge in [0, 0.05) is 0 Å². The third kappa shape index (κ3) is 2.13. The van der Waals surface area contributed by atoms with Gasteiger partial charge in [0.2, 0.25) is 6.54 Å². The number of furan rings is 1. The molecule has 0 unspecified atom stereocenters. The number of nitrogens with zero attached hydrogens (tertiary/aromatic N) is 1. The lowest BCUT2D eigenvalue weighted by molar-refractivity contribution is 0.0599. The van der Waals surface area contributed by atoms with Crippen LogP contribution in [-0.4, -0.2) is 19.6 Å². The molecular weight excluding hydrogens is 182 g/mol. The van der Waals surface area contributed by atoms with Crippen molar-refractivity contribution in [1.82, 2.24) is 0 Å². The Morgan fingerprint density at radius 2 is 2.43 bits per heavy atom. The summed E-state index contributed by atoms with van der Waals surface area (Å²) in [5.41, 5.74) is 0.437. The maximum atomic E-state index is 11.2. The Morgan fingerprint density at radius 1 is 1.71 bits per heavy atom. The van der Waals surface area contributed by atoms with Crippen LogP contribution in [-0.2, 0) is 11.2 Å². The standard InChI is InChI=1S/C10H11NO3/c1-7-9(10(12)13-3)6-8(14-7)4-5-11-2/h6H,4-5H2,1,3H3. The number of methoxy groups -OCH3 is 1. The molecule has 0 saturated carbocycles. The fraction of sp³-hybridized carbons (Fsp3) is 0.400. The Hall–Kier alpha value is -1.76. The van der Waals surface area contributed by atoms with Crippen molar-refractivity contribution in [2.24, 2.45) is 0 Å². The van der Waals surface area contributed by atoms with Gasteiger partial charge in [-0.1, -0.05) is 0 Å². The molecule has 0 radical (unpaired) electrons. The summed E-state index contributed by atoms with van der Waals surface area (Å²) in [5, 5.41) is 0. The van der Waals surface area contributed by atoms with Gasteiger partial charge in [0.25, 0.3) is 0 Å². The predicted molar refractivity (Wildman–Crippen MR) is 50.0 cm³/mol. The van der Waals surface area contributed by atoms with E-state index in [1.165, 1.54) is 7.11 Å². The quantitative estimate of drug-likeness (QED) is 0.543. The topological polar surface area (TPSA) is 43.8 Å². The average Bonchev–Trinajstić information content (AvgIpc) is 2.55. The lowest BCUT2D eigenvalue weighted by Crippen LogP contribution is -2.00. The minimum Gasteiger partial charge on any atom is -0.465 e. The van der Waals surface area contributed by atoms with E-state index in [1.807, 2.05) is 0 Å². The van der Waals surface area contributed by atoms with Gasteiger partial charge in [0.1, 0.15) is 17.1 Å². The van der Waals surface area contributed by atoms with Crippen LogP contribution in [0.1, 0.15) is 21.9 Å². The van der Waals surface area contributed by atoms with Gasteiger partial charge in [-0.05, 0) is 13.0 Å². The van der Waals surface area contributed by atoms with Crippen LogP contribution in [0, 0.1) is 13.5 Å². The zero-order valence-corrected chi connectivity index (χ0v) is 8.16. The van der Waals surface area contributed by atoms with Crippen molar-refractivity contribution in [3.05, 3.63) is 34.6 Å². The van der Waals surface area contributed by atoms with Crippen molar-refractivity contribution >= 4 is 5.97 Å². The molecule has 1 heterocycles. The Kier molecular flexibility index (Phi) is 3.29. The molecule has 0 N–H and O–H groups in total. The Labute approximate surface area is 82.3 Å². The molecule has 0 amide bonds. The van der Waals surface area contributed by atoms with Gasteiger partial charge in [0.15, 0.2) is 0 Å². The number of ether oxygens (including phenoxy) is 1. The van der Waals surface area contributed by atoms with Crippen LogP contribution in [0.5, 0.6) is 0 Å². The molecule has 0 spiro atoms. The molecule has 0 aliphatic carbocycles. The normalized spacial score (nSPS) is 9.50. The Balaban J connectivity index is 2.83. The van der Waals surface area contributed by atoms with Crippen molar-refractivity contribution in [3.8, 4) is 0 Å². The van der Waals surface area contributed by atoms with Gasteiger partial charge in [0.05, 0.1) is 13.5 Å². The first-order valence-corrected chi connectivity index (χ1v) is 4.20. The van der Waals surface area contributed by atoms with E-state index < -0.39 is 5.97 Å². The molecule has 4 nitrogen and oxygen atoms in total. The number of rotatable bonds is 3. The number of aryl methyl sites for hydroxylation is 1. The average molecular weight is 193 g/mol. The Morgan fingerprint density at radius 3 is 3.00 bits per heavy atom. The highest BCUT2D eigenvalue weighted by Gasteiger charge is 2.15. The van der Waals surface area contributed by atoms with Crippen LogP contribution < -0.4 is 0 Å². The molecular formula is C10H11NO3. The number of esters is 1. The van der Waals surface area contributed by atoms with Crippen molar-refractivity contribution in [1.29, 1.82) is 0 Å². The first kappa shape index (κ1) is 10.3. The number of carbonyl (C=O) groups excluding carboxylic acids is 1. The van der Waals surface area contributed by atoms with Crippen molar-refractivity contribution < 1.29 is 13.9 Å². The second-order valence-corrected chi connectivity index (χ2v) is 2.81. The summed E-state index contributed by atoms with van der Waals surface area (Å²) in [5.74, 6) is 0.788. The molecule has 0 aliphatic rings. The third-order valence-corrected chi connectivity index (χ3v) is 1.84. The SMILES string of the molecule is [C-]#[N+]CCc1cc(C(=O)OC)c(C)o1. The molecule has 1 aromatic heterocycles. The lowest BCUT2D eigenvalue weighted by atomic mass is 10.2. The van der Waals surface area contributed by atoms with Crippen molar-refractivity contribution in [2.75, 3.05) is 13.7 Å². The third-order valence-electron chi connectivity index (χ3n) is 1.84. The molecule has 0 bridgehead atoms. The van der Waals surface area contributed by atoms with Crippen molar-refractivity contribution in [3.63, 3.8) is 0 Å². The van der Waals surface area contributed by atoms with E-state index >= 15 is 0 Å². The first-order chi connectivity index (χ1) is 6.69. The number of hydrogen-bond donors (Lipinski definition) is 0. The molecule has 0 aromatic carbocycles. The zero-order chi connectivity index (χ0) is 10.6. The van der Waals surface area contributed by atoms with Gasteiger partial charge in [-0.3, -0.25) is 0 Å². The monoisotopic (exact) mass is 193 g/mol. The smallest absolute Gasteiger partial charge is 0.341 e. The summed E-state index contributed by atoms with van der Waals surface area (Å²) in [4.78, 5) is 14.4. The van der Waals surface area contributed by atoms with Gasteiger partial charge in [-0.15, -0.1) is 0 Å². The van der Waals surface area contributed by atoms with E-state index in [0.29, 0.717) is 30.0 Å². The van der Waals surface area contributed by atoms with Gasteiger partial charge in [-0.25, -0.2) is 11.4 Å². The highest BCUT2D eigenvalue weighted by Crippen LogP contribution is 2.15. The fourth-order valence-corrected chi connectivity index (χ4v) is 1.15. The van der Waals surface area contributed by atoms with E-state index in [-0.39, 0.29) is 0 Å². The van der Waals surface area contributed by atoms with Crippen LogP contribution in [0.3, 0.4) is 0 Å². The number of hydrogen-bond acceptors (Lipinski definition) is 3. The van der Waals surface area contributed by atoms with E-state index in [2.05, 4.69) is 9.58 Å². The molecule has 14 heavy (non-hydrogen) atoms. The zero-order valence-electron chi connectivity index (χ0n) is 8.16. The summed E-state index contributed by atoms with van der Waals surface area (Å²) in [7, 11) is 1.33. The van der Waals surface area contributed by atoms with Crippen molar-refractivity contribution in [2.45, 2.75) is 13.3 Å². The first-order valence-electron chi connectivity index (χ1n) is 4.20. The van der Waals surface area contributed by atoms with Gasteiger partial charge in [-0.2, -0.15) is 0 Å². The molecule has 1 aromatic rings. The van der Waals surface area contributed by atoms with E-state index in [4.69, 9.17) is 11.0 Å². The summed E-state index contributed by atoms with van der Waals surface area (Å²) in [6, 6.07) is 1.63. The maximum absolute atomic E-state index is 11.2. The minimum atomic E-state index is -0.402. The maximum Gasteiger partial charge on any atom is 0.341 e. The van der Waals surface area contributed by atoms with E-state index in [9.17, 15) is 4.79 Å². The summed E-state index contributed by atoms with van der Waals surface area (Å²) >= 11 is 0. The minimum absolute atomic E-state index is 0.369. The summed E-state index contributed by atoms with van der Waals surface area (Å²) in [6.45, 7) is 8.70. The molecule has 0 saturated heterocycles. The van der Waals surface area contributed by atoms with Crippen LogP contribution in [0.25, 0.3) is 4.85 Å². The number of carbonyl (C=O) groups is 1. The second kappa shape index (κ2) is 4.47. The van der Waals surface area contributed by atoms with Gasteiger partial charge >= 0.3 is 5.97 Å². The largest absolute Gasteiger partial charge is 0.465 e.